The Kier molecular flexibility index (Phi) is 3.87. The van der Waals surface area contributed by atoms with Crippen molar-refractivity contribution in [1.82, 2.24) is 5.32 Å². The minimum absolute atomic E-state index is 0.187. The topological polar surface area (TPSA) is 89.3 Å². The molecule has 0 aliphatic carbocycles. The maximum Gasteiger partial charge on any atom is 0.234 e. The predicted molar refractivity (Wildman–Crippen MR) is 51.0 cm³/mol. The van der Waals surface area contributed by atoms with Crippen LogP contribution in [-0.4, -0.2) is 38.4 Å². The van der Waals surface area contributed by atoms with Crippen molar-refractivity contribution in [1.29, 1.82) is 0 Å². The molecule has 0 saturated heterocycles. The van der Waals surface area contributed by atoms with E-state index in [1.54, 1.807) is 13.8 Å². The van der Waals surface area contributed by atoms with Crippen LogP contribution in [0.3, 0.4) is 0 Å². The van der Waals surface area contributed by atoms with E-state index in [0.29, 0.717) is 0 Å². The first-order valence-corrected chi connectivity index (χ1v) is 5.68. The van der Waals surface area contributed by atoms with Gasteiger partial charge in [-0.3, -0.25) is 4.79 Å². The summed E-state index contributed by atoms with van der Waals surface area (Å²) in [5.41, 5.74) is 4.73. The van der Waals surface area contributed by atoms with Gasteiger partial charge in [-0.2, -0.15) is 0 Å². The number of nitrogens with one attached hydrogen (secondary N) is 1. The molecular weight excluding hydrogens is 192 g/mol. The molecule has 0 aromatic carbocycles. The molecule has 13 heavy (non-hydrogen) atoms. The fourth-order valence-electron chi connectivity index (χ4n) is 0.890. The van der Waals surface area contributed by atoms with Gasteiger partial charge in [-0.05, 0) is 13.8 Å². The Labute approximate surface area is 78.6 Å². The minimum atomic E-state index is -3.39. The van der Waals surface area contributed by atoms with Crippen LogP contribution in [0, 0.1) is 0 Å². The summed E-state index contributed by atoms with van der Waals surface area (Å²) < 4.78 is 22.5. The first-order chi connectivity index (χ1) is 5.66. The van der Waals surface area contributed by atoms with Crippen LogP contribution in [-0.2, 0) is 14.6 Å². The van der Waals surface area contributed by atoms with Gasteiger partial charge in [-0.25, -0.2) is 8.42 Å². The fourth-order valence-corrected chi connectivity index (χ4v) is 2.67. The highest BCUT2D eigenvalue weighted by Gasteiger charge is 2.23. The molecule has 0 saturated carbocycles. The standard InChI is InChI=1S/C7H16N2O3S/c1-7(2,8)5-13(11,12)4-6(10)9-3/h4-5,8H2,1-3H3,(H,9,10). The van der Waals surface area contributed by atoms with Crippen LogP contribution in [0.2, 0.25) is 0 Å². The Morgan fingerprint density at radius 3 is 2.23 bits per heavy atom. The van der Waals surface area contributed by atoms with Gasteiger partial charge in [0, 0.05) is 12.6 Å². The molecular formula is C7H16N2O3S. The highest BCUT2D eigenvalue weighted by molar-refractivity contribution is 7.92. The molecule has 0 aromatic heterocycles. The second-order valence-electron chi connectivity index (χ2n) is 3.69. The molecule has 0 rings (SSSR count). The zero-order valence-corrected chi connectivity index (χ0v) is 8.94. The lowest BCUT2D eigenvalue weighted by Gasteiger charge is -2.17. The molecule has 5 nitrogen and oxygen atoms in total. The van der Waals surface area contributed by atoms with Gasteiger partial charge >= 0.3 is 0 Å². The van der Waals surface area contributed by atoms with Crippen LogP contribution in [0.4, 0.5) is 0 Å². The minimum Gasteiger partial charge on any atom is -0.358 e. The number of rotatable bonds is 4. The predicted octanol–water partition coefficient (Wildman–Crippen LogP) is -1.12. The molecule has 0 heterocycles. The summed E-state index contributed by atoms with van der Waals surface area (Å²) >= 11 is 0. The van der Waals surface area contributed by atoms with Gasteiger partial charge in [0.15, 0.2) is 9.84 Å². The zero-order chi connectivity index (χ0) is 10.7. The fraction of sp³-hybridized carbons (Fsp3) is 0.857. The third kappa shape index (κ3) is 6.53. The highest BCUT2D eigenvalue weighted by Crippen LogP contribution is 2.03. The van der Waals surface area contributed by atoms with Gasteiger partial charge < -0.3 is 11.1 Å². The first-order valence-electron chi connectivity index (χ1n) is 3.86. The Hall–Kier alpha value is -0.620. The van der Waals surface area contributed by atoms with Crippen LogP contribution >= 0.6 is 0 Å². The summed E-state index contributed by atoms with van der Waals surface area (Å²) in [6.07, 6.45) is 0. The van der Waals surface area contributed by atoms with E-state index in [9.17, 15) is 13.2 Å². The van der Waals surface area contributed by atoms with E-state index in [1.165, 1.54) is 7.05 Å². The smallest absolute Gasteiger partial charge is 0.234 e. The number of carbonyl (C=O) groups is 1. The SMILES string of the molecule is CNC(=O)CS(=O)(=O)CC(C)(C)N. The van der Waals surface area contributed by atoms with Gasteiger partial charge in [-0.1, -0.05) is 0 Å². The van der Waals surface area contributed by atoms with Crippen LogP contribution in [0.1, 0.15) is 13.8 Å². The van der Waals surface area contributed by atoms with E-state index >= 15 is 0 Å². The first kappa shape index (κ1) is 12.4. The Morgan fingerprint density at radius 1 is 1.46 bits per heavy atom. The highest BCUT2D eigenvalue weighted by atomic mass is 32.2. The van der Waals surface area contributed by atoms with Crippen molar-refractivity contribution in [3.63, 3.8) is 0 Å². The van der Waals surface area contributed by atoms with Gasteiger partial charge in [0.1, 0.15) is 5.75 Å². The molecule has 1 amide bonds. The maximum absolute atomic E-state index is 11.3. The van der Waals surface area contributed by atoms with Gasteiger partial charge in [0.25, 0.3) is 0 Å². The van der Waals surface area contributed by atoms with E-state index < -0.39 is 27.0 Å². The molecule has 0 atom stereocenters. The van der Waals surface area contributed by atoms with Crippen LogP contribution < -0.4 is 11.1 Å². The van der Waals surface area contributed by atoms with Crippen LogP contribution in [0.5, 0.6) is 0 Å². The molecule has 0 fully saturated rings. The summed E-state index contributed by atoms with van der Waals surface area (Å²) in [4.78, 5) is 10.8. The van der Waals surface area contributed by atoms with E-state index in [4.69, 9.17) is 5.73 Å². The summed E-state index contributed by atoms with van der Waals surface area (Å²) in [6, 6.07) is 0. The quantitative estimate of drug-likeness (QED) is 0.612. The second-order valence-corrected chi connectivity index (χ2v) is 5.76. The number of sulfone groups is 1. The van der Waals surface area contributed by atoms with E-state index in [0.717, 1.165) is 0 Å². The molecule has 0 aliphatic heterocycles. The third-order valence-electron chi connectivity index (χ3n) is 1.22. The van der Waals surface area contributed by atoms with Gasteiger partial charge in [0.2, 0.25) is 5.91 Å². The molecule has 0 aromatic rings. The van der Waals surface area contributed by atoms with Gasteiger partial charge in [-0.15, -0.1) is 0 Å². The largest absolute Gasteiger partial charge is 0.358 e. The number of amides is 1. The van der Waals surface area contributed by atoms with E-state index in [2.05, 4.69) is 5.32 Å². The number of hydrogen-bond acceptors (Lipinski definition) is 4. The summed E-state index contributed by atoms with van der Waals surface area (Å²) in [5, 5.41) is 2.25. The molecule has 6 heteroatoms. The molecule has 0 bridgehead atoms. The van der Waals surface area contributed by atoms with Crippen molar-refractivity contribution in [2.45, 2.75) is 19.4 Å². The number of nitrogens with two attached hydrogens (primary N) is 1. The molecule has 3 N–H and O–H groups in total. The van der Waals surface area contributed by atoms with E-state index in [-0.39, 0.29) is 5.75 Å². The molecule has 0 unspecified atom stereocenters. The molecule has 78 valence electrons. The lowest BCUT2D eigenvalue weighted by atomic mass is 10.1. The average Bonchev–Trinajstić information content (AvgIpc) is 1.80. The normalized spacial score (nSPS) is 12.6. The van der Waals surface area contributed by atoms with Crippen molar-refractivity contribution in [2.75, 3.05) is 18.6 Å². The summed E-state index contributed by atoms with van der Waals surface area (Å²) in [6.45, 7) is 3.21. The van der Waals surface area contributed by atoms with Crippen molar-refractivity contribution in [2.24, 2.45) is 5.73 Å². The Bertz CT molecular complexity index is 277. The lowest BCUT2D eigenvalue weighted by molar-refractivity contribution is -0.118. The van der Waals surface area contributed by atoms with Crippen LogP contribution in [0.15, 0.2) is 0 Å². The summed E-state index contributed by atoms with van der Waals surface area (Å²) in [5.74, 6) is -1.19. The van der Waals surface area contributed by atoms with Crippen LogP contribution in [0.25, 0.3) is 0 Å². The molecule has 0 spiro atoms. The molecule has 0 radical (unpaired) electrons. The Morgan fingerprint density at radius 2 is 1.92 bits per heavy atom. The zero-order valence-electron chi connectivity index (χ0n) is 8.12. The van der Waals surface area contributed by atoms with Crippen molar-refractivity contribution >= 4 is 15.7 Å². The number of hydrogen-bond donors (Lipinski definition) is 2. The summed E-state index contributed by atoms with van der Waals surface area (Å²) in [7, 11) is -1.99. The second kappa shape index (κ2) is 4.06. The van der Waals surface area contributed by atoms with Gasteiger partial charge in [0.05, 0.1) is 5.75 Å². The lowest BCUT2D eigenvalue weighted by Crippen LogP contribution is -2.42. The van der Waals surface area contributed by atoms with Crippen molar-refractivity contribution in [3.8, 4) is 0 Å². The monoisotopic (exact) mass is 208 g/mol. The Balaban J connectivity index is 4.35. The molecule has 0 aliphatic rings. The number of carbonyl (C=O) groups excluding carboxylic acids is 1. The van der Waals surface area contributed by atoms with E-state index in [1.807, 2.05) is 0 Å². The van der Waals surface area contributed by atoms with Crippen molar-refractivity contribution in [3.05, 3.63) is 0 Å². The third-order valence-corrected chi connectivity index (χ3v) is 3.11. The average molecular weight is 208 g/mol. The maximum atomic E-state index is 11.3. The van der Waals surface area contributed by atoms with Crippen molar-refractivity contribution < 1.29 is 13.2 Å².